The molecule has 0 atom stereocenters. The number of hydrogen-bond donors (Lipinski definition) is 3. The van der Waals surface area contributed by atoms with E-state index in [1.165, 1.54) is 0 Å². The molecule has 5 nitrogen and oxygen atoms in total. The highest BCUT2D eigenvalue weighted by Crippen LogP contribution is 2.30. The van der Waals surface area contributed by atoms with Gasteiger partial charge >= 0.3 is 12.1 Å². The van der Waals surface area contributed by atoms with Crippen molar-refractivity contribution in [2.45, 2.75) is 18.4 Å². The van der Waals surface area contributed by atoms with Gasteiger partial charge in [-0.25, -0.2) is 9.59 Å². The highest BCUT2D eigenvalue weighted by molar-refractivity contribution is 5.85. The van der Waals surface area contributed by atoms with Crippen LogP contribution in [0.15, 0.2) is 24.3 Å². The molecule has 3 N–H and O–H groups in total. The summed E-state index contributed by atoms with van der Waals surface area (Å²) in [5.41, 5.74) is 0.368. The van der Waals surface area contributed by atoms with E-state index in [-0.39, 0.29) is 12.8 Å². The van der Waals surface area contributed by atoms with Crippen molar-refractivity contribution in [2.75, 3.05) is 0 Å². The molecule has 0 saturated carbocycles. The molecule has 1 aliphatic carbocycles. The molecule has 0 fully saturated rings. The molecule has 1 aliphatic rings. The number of benzene rings is 1. The van der Waals surface area contributed by atoms with Gasteiger partial charge in [0.25, 0.3) is 0 Å². The molecule has 0 saturated heterocycles. The molecule has 0 radical (unpaired) electrons. The van der Waals surface area contributed by atoms with Crippen molar-refractivity contribution in [1.29, 1.82) is 0 Å². The molecule has 0 bridgehead atoms. The van der Waals surface area contributed by atoms with Crippen LogP contribution in [0, 0.1) is 0 Å². The Morgan fingerprint density at radius 1 is 1.12 bits per heavy atom. The third kappa shape index (κ3) is 1.60. The molecule has 16 heavy (non-hydrogen) atoms. The smallest absolute Gasteiger partial charge is 0.405 e. The minimum absolute atomic E-state index is 0.199. The standard InChI is InChI=1S/C11H11NO4/c13-9(14)11(12-10(15)16)5-7-3-1-2-4-8(7)6-11/h1-4,12H,5-6H2,(H,13,14)(H,15,16). The van der Waals surface area contributed by atoms with E-state index >= 15 is 0 Å². The summed E-state index contributed by atoms with van der Waals surface area (Å²) in [5, 5.41) is 20.0. The van der Waals surface area contributed by atoms with Crippen LogP contribution in [0.5, 0.6) is 0 Å². The molecular weight excluding hydrogens is 210 g/mol. The lowest BCUT2D eigenvalue weighted by Gasteiger charge is -2.23. The molecule has 0 aliphatic heterocycles. The van der Waals surface area contributed by atoms with Gasteiger partial charge in [-0.2, -0.15) is 0 Å². The lowest BCUT2D eigenvalue weighted by atomic mass is 9.96. The largest absolute Gasteiger partial charge is 0.479 e. The van der Waals surface area contributed by atoms with Crippen LogP contribution in [0.3, 0.4) is 0 Å². The topological polar surface area (TPSA) is 86.6 Å². The SMILES string of the molecule is O=C(O)NC1(C(=O)O)Cc2ccccc2C1. The summed E-state index contributed by atoms with van der Waals surface area (Å²) in [6, 6.07) is 7.28. The zero-order valence-electron chi connectivity index (χ0n) is 8.43. The maximum absolute atomic E-state index is 11.2. The van der Waals surface area contributed by atoms with Gasteiger partial charge in [0.15, 0.2) is 0 Å². The van der Waals surface area contributed by atoms with Crippen molar-refractivity contribution in [3.8, 4) is 0 Å². The van der Waals surface area contributed by atoms with Crippen molar-refractivity contribution >= 4 is 12.1 Å². The number of rotatable bonds is 2. The van der Waals surface area contributed by atoms with E-state index in [0.717, 1.165) is 11.1 Å². The second-order valence-corrected chi connectivity index (χ2v) is 3.94. The average Bonchev–Trinajstić information content (AvgIpc) is 2.55. The van der Waals surface area contributed by atoms with Gasteiger partial charge in [-0.3, -0.25) is 0 Å². The maximum atomic E-state index is 11.2. The number of fused-ring (bicyclic) bond motifs is 1. The fraction of sp³-hybridized carbons (Fsp3) is 0.273. The van der Waals surface area contributed by atoms with Crippen molar-refractivity contribution in [3.63, 3.8) is 0 Å². The monoisotopic (exact) mass is 221 g/mol. The molecule has 5 heteroatoms. The maximum Gasteiger partial charge on any atom is 0.405 e. The number of carboxylic acids is 1. The molecule has 0 heterocycles. The fourth-order valence-electron chi connectivity index (χ4n) is 2.11. The lowest BCUT2D eigenvalue weighted by molar-refractivity contribution is -0.144. The zero-order chi connectivity index (χ0) is 11.8. The first kappa shape index (κ1) is 10.5. The quantitative estimate of drug-likeness (QED) is 0.691. The summed E-state index contributed by atoms with van der Waals surface area (Å²) in [4.78, 5) is 21.8. The second kappa shape index (κ2) is 3.52. The van der Waals surface area contributed by atoms with Gasteiger partial charge in [-0.05, 0) is 11.1 Å². The Morgan fingerprint density at radius 2 is 1.62 bits per heavy atom. The molecule has 0 spiro atoms. The predicted molar refractivity (Wildman–Crippen MR) is 55.4 cm³/mol. The first-order valence-electron chi connectivity index (χ1n) is 4.85. The Bertz CT molecular complexity index is 430. The van der Waals surface area contributed by atoms with Crippen LogP contribution in [0.4, 0.5) is 4.79 Å². The number of amides is 1. The van der Waals surface area contributed by atoms with Gasteiger partial charge in [0.1, 0.15) is 5.54 Å². The summed E-state index contributed by atoms with van der Waals surface area (Å²) < 4.78 is 0. The number of carboxylic acid groups (broad SMARTS) is 2. The van der Waals surface area contributed by atoms with Crippen molar-refractivity contribution in [1.82, 2.24) is 5.32 Å². The van der Waals surface area contributed by atoms with E-state index < -0.39 is 17.6 Å². The van der Waals surface area contributed by atoms with E-state index in [0.29, 0.717) is 0 Å². The molecule has 84 valence electrons. The third-order valence-electron chi connectivity index (χ3n) is 2.86. The first-order valence-corrected chi connectivity index (χ1v) is 4.85. The molecule has 0 aromatic heterocycles. The van der Waals surface area contributed by atoms with Crippen LogP contribution in [0.25, 0.3) is 0 Å². The summed E-state index contributed by atoms with van der Waals surface area (Å²) >= 11 is 0. The lowest BCUT2D eigenvalue weighted by Crippen LogP contribution is -2.55. The van der Waals surface area contributed by atoms with Crippen LogP contribution >= 0.6 is 0 Å². The van der Waals surface area contributed by atoms with Gasteiger partial charge in [0.2, 0.25) is 0 Å². The van der Waals surface area contributed by atoms with E-state index in [4.69, 9.17) is 10.2 Å². The van der Waals surface area contributed by atoms with Crippen molar-refractivity contribution in [3.05, 3.63) is 35.4 Å². The van der Waals surface area contributed by atoms with Gasteiger partial charge in [-0.1, -0.05) is 24.3 Å². The van der Waals surface area contributed by atoms with Gasteiger partial charge in [0, 0.05) is 12.8 Å². The Balaban J connectivity index is 2.34. The van der Waals surface area contributed by atoms with E-state index in [2.05, 4.69) is 5.32 Å². The number of hydrogen-bond acceptors (Lipinski definition) is 2. The van der Waals surface area contributed by atoms with Gasteiger partial charge in [-0.15, -0.1) is 0 Å². The molecule has 1 aromatic carbocycles. The molecule has 2 rings (SSSR count). The van der Waals surface area contributed by atoms with E-state index in [1.807, 2.05) is 24.3 Å². The summed E-state index contributed by atoms with van der Waals surface area (Å²) in [6.07, 6.45) is -0.912. The normalized spacial score (nSPS) is 16.5. The van der Waals surface area contributed by atoms with Crippen molar-refractivity contribution < 1.29 is 19.8 Å². The highest BCUT2D eigenvalue weighted by Gasteiger charge is 2.45. The summed E-state index contributed by atoms with van der Waals surface area (Å²) in [5.74, 6) is -1.13. The minimum Gasteiger partial charge on any atom is -0.479 e. The molecular formula is C11H11NO4. The Labute approximate surface area is 91.7 Å². The van der Waals surface area contributed by atoms with Crippen LogP contribution < -0.4 is 5.32 Å². The van der Waals surface area contributed by atoms with Crippen LogP contribution in [0.1, 0.15) is 11.1 Å². The zero-order valence-corrected chi connectivity index (χ0v) is 8.43. The summed E-state index contributed by atoms with van der Waals surface area (Å²) in [7, 11) is 0. The van der Waals surface area contributed by atoms with Crippen molar-refractivity contribution in [2.24, 2.45) is 0 Å². The van der Waals surface area contributed by atoms with Crippen LogP contribution in [-0.4, -0.2) is 27.8 Å². The predicted octanol–water partition coefficient (Wildman–Crippen LogP) is 0.876. The van der Waals surface area contributed by atoms with E-state index in [1.54, 1.807) is 0 Å². The average molecular weight is 221 g/mol. The van der Waals surface area contributed by atoms with Crippen LogP contribution in [-0.2, 0) is 17.6 Å². The van der Waals surface area contributed by atoms with Gasteiger partial charge in [0.05, 0.1) is 0 Å². The third-order valence-corrected chi connectivity index (χ3v) is 2.86. The Morgan fingerprint density at radius 3 is 2.00 bits per heavy atom. The first-order chi connectivity index (χ1) is 7.53. The molecule has 1 aromatic rings. The van der Waals surface area contributed by atoms with Crippen LogP contribution in [0.2, 0.25) is 0 Å². The van der Waals surface area contributed by atoms with E-state index in [9.17, 15) is 9.59 Å². The molecule has 1 amide bonds. The number of carbonyl (C=O) groups is 2. The second-order valence-electron chi connectivity index (χ2n) is 3.94. The van der Waals surface area contributed by atoms with Gasteiger partial charge < -0.3 is 15.5 Å². The summed E-state index contributed by atoms with van der Waals surface area (Å²) in [6.45, 7) is 0. The number of aliphatic carboxylic acids is 1. The Kier molecular flexibility index (Phi) is 2.30. The number of nitrogens with one attached hydrogen (secondary N) is 1. The molecule has 0 unspecified atom stereocenters. The highest BCUT2D eigenvalue weighted by atomic mass is 16.4. The Hall–Kier alpha value is -2.04. The minimum atomic E-state index is -1.41. The fourth-order valence-corrected chi connectivity index (χ4v) is 2.11.